The molecule has 1 atom stereocenters. The first-order chi connectivity index (χ1) is 10.3. The average Bonchev–Trinajstić information content (AvgIpc) is 3.14. The van der Waals surface area contributed by atoms with Crippen molar-refractivity contribution in [1.29, 1.82) is 0 Å². The van der Waals surface area contributed by atoms with Crippen LogP contribution in [0.15, 0.2) is 35.8 Å². The maximum absolute atomic E-state index is 4.91. The second-order valence-corrected chi connectivity index (χ2v) is 6.52. The number of pyridine rings is 1. The van der Waals surface area contributed by atoms with Crippen LogP contribution < -0.4 is 0 Å². The normalized spacial score (nSPS) is 20.1. The van der Waals surface area contributed by atoms with E-state index in [4.69, 9.17) is 4.98 Å². The fourth-order valence-corrected chi connectivity index (χ4v) is 3.91. The van der Waals surface area contributed by atoms with Gasteiger partial charge in [0.1, 0.15) is 16.3 Å². The lowest BCUT2D eigenvalue weighted by atomic mass is 10.0. The number of aromatic nitrogens is 3. The lowest BCUT2D eigenvalue weighted by Gasteiger charge is -2.32. The van der Waals surface area contributed by atoms with E-state index >= 15 is 0 Å². The maximum atomic E-state index is 4.91. The quantitative estimate of drug-likeness (QED) is 0.724. The molecule has 21 heavy (non-hydrogen) atoms. The van der Waals surface area contributed by atoms with Crippen LogP contribution in [0.4, 0.5) is 0 Å². The van der Waals surface area contributed by atoms with Crippen molar-refractivity contribution in [2.45, 2.75) is 25.3 Å². The minimum atomic E-state index is 0.384. The van der Waals surface area contributed by atoms with Gasteiger partial charge in [-0.1, -0.05) is 6.42 Å². The zero-order chi connectivity index (χ0) is 14.2. The number of rotatable bonds is 2. The molecule has 1 aliphatic rings. The van der Waals surface area contributed by atoms with Crippen molar-refractivity contribution in [1.82, 2.24) is 19.4 Å². The van der Waals surface area contributed by atoms with Crippen LogP contribution in [0.25, 0.3) is 16.2 Å². The Kier molecular flexibility index (Phi) is 3.24. The molecule has 1 unspecified atom stereocenters. The zero-order valence-corrected chi connectivity index (χ0v) is 12.9. The Morgan fingerprint density at radius 2 is 2.19 bits per heavy atom. The summed E-state index contributed by atoms with van der Waals surface area (Å²) in [5.74, 6) is 1.13. The Labute approximate surface area is 128 Å². The first-order valence-corrected chi connectivity index (χ1v) is 8.30. The molecule has 108 valence electrons. The monoisotopic (exact) mass is 298 g/mol. The van der Waals surface area contributed by atoms with E-state index in [9.17, 15) is 0 Å². The van der Waals surface area contributed by atoms with E-state index < -0.39 is 0 Å². The van der Waals surface area contributed by atoms with Crippen molar-refractivity contribution < 1.29 is 0 Å². The fraction of sp³-hybridized carbons (Fsp3) is 0.375. The second-order valence-electron chi connectivity index (χ2n) is 5.60. The number of thiophene rings is 1. The van der Waals surface area contributed by atoms with E-state index in [0.717, 1.165) is 23.5 Å². The Morgan fingerprint density at radius 1 is 1.24 bits per heavy atom. The summed E-state index contributed by atoms with van der Waals surface area (Å²) in [5.41, 5.74) is 1.95. The van der Waals surface area contributed by atoms with Crippen LogP contribution >= 0.6 is 11.3 Å². The van der Waals surface area contributed by atoms with Crippen molar-refractivity contribution in [3.8, 4) is 5.00 Å². The molecule has 0 saturated carbocycles. The highest BCUT2D eigenvalue weighted by molar-refractivity contribution is 7.12. The molecule has 0 spiro atoms. The summed E-state index contributed by atoms with van der Waals surface area (Å²) in [6.45, 7) is 1.14. The van der Waals surface area contributed by atoms with Gasteiger partial charge in [-0.2, -0.15) is 0 Å². The molecule has 0 aromatic carbocycles. The molecule has 0 N–H and O–H groups in total. The van der Waals surface area contributed by atoms with Crippen molar-refractivity contribution in [2.75, 3.05) is 13.6 Å². The lowest BCUT2D eigenvalue weighted by Crippen LogP contribution is -2.31. The number of piperidine rings is 1. The second kappa shape index (κ2) is 5.24. The van der Waals surface area contributed by atoms with Gasteiger partial charge < -0.3 is 0 Å². The SMILES string of the molecule is CN1CCCCC1c1nc2cccnc2n1-c1cccs1. The minimum Gasteiger partial charge on any atom is -0.297 e. The predicted molar refractivity (Wildman–Crippen MR) is 86.0 cm³/mol. The van der Waals surface area contributed by atoms with Gasteiger partial charge in [0, 0.05) is 6.20 Å². The van der Waals surface area contributed by atoms with Crippen LogP contribution in [-0.4, -0.2) is 33.0 Å². The molecule has 3 aromatic heterocycles. The Hall–Kier alpha value is -1.72. The minimum absolute atomic E-state index is 0.384. The molecule has 1 fully saturated rings. The molecular formula is C16H18N4S. The maximum Gasteiger partial charge on any atom is 0.165 e. The highest BCUT2D eigenvalue weighted by Gasteiger charge is 2.27. The Balaban J connectivity index is 1.93. The Morgan fingerprint density at radius 3 is 3.00 bits per heavy atom. The largest absolute Gasteiger partial charge is 0.297 e. The van der Waals surface area contributed by atoms with E-state index in [1.165, 1.54) is 24.3 Å². The molecule has 1 saturated heterocycles. The smallest absolute Gasteiger partial charge is 0.165 e. The number of imidazole rings is 1. The van der Waals surface area contributed by atoms with Gasteiger partial charge >= 0.3 is 0 Å². The number of hydrogen-bond acceptors (Lipinski definition) is 4. The highest BCUT2D eigenvalue weighted by atomic mass is 32.1. The standard InChI is InChI=1S/C16H18N4S/c1-19-10-3-2-7-13(19)16-18-12-6-4-9-17-15(12)20(16)14-8-5-11-21-14/h4-6,8-9,11,13H,2-3,7,10H2,1H3. The van der Waals surface area contributed by atoms with Crippen molar-refractivity contribution in [3.05, 3.63) is 41.7 Å². The van der Waals surface area contributed by atoms with Gasteiger partial charge in [-0.15, -0.1) is 11.3 Å². The topological polar surface area (TPSA) is 34.0 Å². The molecule has 0 radical (unpaired) electrons. The van der Waals surface area contributed by atoms with Gasteiger partial charge in [-0.05, 0) is 56.1 Å². The summed E-state index contributed by atoms with van der Waals surface area (Å²) < 4.78 is 2.24. The van der Waals surface area contributed by atoms with Gasteiger partial charge in [-0.25, -0.2) is 9.97 Å². The molecular weight excluding hydrogens is 280 g/mol. The van der Waals surface area contributed by atoms with Gasteiger partial charge in [0.15, 0.2) is 5.65 Å². The van der Waals surface area contributed by atoms with Crippen molar-refractivity contribution in [2.24, 2.45) is 0 Å². The fourth-order valence-electron chi connectivity index (χ4n) is 3.17. The van der Waals surface area contributed by atoms with Crippen LogP contribution in [0.1, 0.15) is 31.1 Å². The van der Waals surface area contributed by atoms with Gasteiger partial charge in [0.2, 0.25) is 0 Å². The van der Waals surface area contributed by atoms with Crippen molar-refractivity contribution in [3.63, 3.8) is 0 Å². The predicted octanol–water partition coefficient (Wildman–Crippen LogP) is 3.64. The van der Waals surface area contributed by atoms with Gasteiger partial charge in [0.05, 0.1) is 6.04 Å². The summed E-state index contributed by atoms with van der Waals surface area (Å²) in [7, 11) is 2.20. The van der Waals surface area contributed by atoms with Crippen LogP contribution in [0.3, 0.4) is 0 Å². The van der Waals surface area contributed by atoms with Crippen LogP contribution in [-0.2, 0) is 0 Å². The first kappa shape index (κ1) is 13.0. The summed E-state index contributed by atoms with van der Waals surface area (Å²) in [6.07, 6.45) is 5.58. The molecule has 0 bridgehead atoms. The molecule has 4 heterocycles. The molecule has 0 amide bonds. The first-order valence-electron chi connectivity index (χ1n) is 7.42. The van der Waals surface area contributed by atoms with E-state index in [-0.39, 0.29) is 0 Å². The van der Waals surface area contributed by atoms with Gasteiger partial charge in [0.25, 0.3) is 0 Å². The summed E-state index contributed by atoms with van der Waals surface area (Å²) in [6, 6.07) is 8.63. The van der Waals surface area contributed by atoms with E-state index in [2.05, 4.69) is 45.1 Å². The third kappa shape index (κ3) is 2.17. The number of fused-ring (bicyclic) bond motifs is 1. The van der Waals surface area contributed by atoms with Crippen LogP contribution in [0, 0.1) is 0 Å². The third-order valence-electron chi connectivity index (χ3n) is 4.24. The van der Waals surface area contributed by atoms with E-state index in [1.54, 1.807) is 11.3 Å². The zero-order valence-electron chi connectivity index (χ0n) is 12.1. The highest BCUT2D eigenvalue weighted by Crippen LogP contribution is 2.33. The molecule has 1 aliphatic heterocycles. The van der Waals surface area contributed by atoms with Crippen LogP contribution in [0.5, 0.6) is 0 Å². The molecule has 5 heteroatoms. The summed E-state index contributed by atoms with van der Waals surface area (Å²) >= 11 is 1.74. The van der Waals surface area contributed by atoms with Gasteiger partial charge in [-0.3, -0.25) is 9.47 Å². The number of likely N-dealkylation sites (tertiary alicyclic amines) is 1. The summed E-state index contributed by atoms with van der Waals surface area (Å²) in [4.78, 5) is 11.9. The third-order valence-corrected chi connectivity index (χ3v) is 5.09. The number of nitrogens with zero attached hydrogens (tertiary/aromatic N) is 4. The number of hydrogen-bond donors (Lipinski definition) is 0. The summed E-state index contributed by atoms with van der Waals surface area (Å²) in [5, 5.41) is 3.31. The average molecular weight is 298 g/mol. The Bertz CT molecular complexity index is 747. The molecule has 4 rings (SSSR count). The molecule has 3 aromatic rings. The molecule has 4 nitrogen and oxygen atoms in total. The van der Waals surface area contributed by atoms with E-state index in [1.807, 2.05) is 12.3 Å². The van der Waals surface area contributed by atoms with E-state index in [0.29, 0.717) is 6.04 Å². The van der Waals surface area contributed by atoms with Crippen LogP contribution in [0.2, 0.25) is 0 Å². The lowest BCUT2D eigenvalue weighted by molar-refractivity contribution is 0.178. The molecule has 0 aliphatic carbocycles. The van der Waals surface area contributed by atoms with Crippen molar-refractivity contribution >= 4 is 22.5 Å².